The van der Waals surface area contributed by atoms with Gasteiger partial charge in [0.25, 0.3) is 0 Å². The maximum atomic E-state index is 13.1. The van der Waals surface area contributed by atoms with E-state index in [0.717, 1.165) is 16.8 Å². The van der Waals surface area contributed by atoms with Gasteiger partial charge in [0.2, 0.25) is 5.91 Å². The molecular formula is C19H20FN3OS. The van der Waals surface area contributed by atoms with Gasteiger partial charge in [0.05, 0.1) is 11.3 Å². The van der Waals surface area contributed by atoms with Crippen LogP contribution < -0.4 is 4.90 Å². The number of aromatic nitrogens is 1. The molecule has 0 spiro atoms. The Labute approximate surface area is 151 Å². The molecule has 0 saturated carbocycles. The summed E-state index contributed by atoms with van der Waals surface area (Å²) in [5, 5.41) is 9.98. The third-order valence-corrected chi connectivity index (χ3v) is 5.12. The highest BCUT2D eigenvalue weighted by Crippen LogP contribution is 2.27. The van der Waals surface area contributed by atoms with Gasteiger partial charge in [-0.15, -0.1) is 0 Å². The zero-order chi connectivity index (χ0) is 18.6. The van der Waals surface area contributed by atoms with Crippen LogP contribution in [0.5, 0.6) is 0 Å². The van der Waals surface area contributed by atoms with Gasteiger partial charge < -0.3 is 4.90 Å². The van der Waals surface area contributed by atoms with E-state index in [0.29, 0.717) is 22.8 Å². The third kappa shape index (κ3) is 4.18. The van der Waals surface area contributed by atoms with Gasteiger partial charge in [-0.25, -0.2) is 9.37 Å². The Bertz CT molecular complexity index is 828. The topological polar surface area (TPSA) is 57.0 Å². The lowest BCUT2D eigenvalue weighted by molar-refractivity contribution is -0.116. The molecule has 0 fully saturated rings. The van der Waals surface area contributed by atoms with E-state index < -0.39 is 0 Å². The number of carbonyl (C=O) groups is 1. The number of nitriles is 1. The van der Waals surface area contributed by atoms with Crippen LogP contribution in [0, 0.1) is 37.9 Å². The average molecular weight is 357 g/mol. The van der Waals surface area contributed by atoms with Crippen LogP contribution in [0.4, 0.5) is 10.1 Å². The number of halogens is 1. The number of hydrogen-bond donors (Lipinski definition) is 0. The lowest BCUT2D eigenvalue weighted by Gasteiger charge is -2.21. The summed E-state index contributed by atoms with van der Waals surface area (Å²) in [4.78, 5) is 18.6. The number of benzene rings is 1. The van der Waals surface area contributed by atoms with Crippen molar-refractivity contribution in [3.05, 3.63) is 52.5 Å². The number of nitrogens with zero attached hydrogens (tertiary/aromatic N) is 3. The van der Waals surface area contributed by atoms with Crippen molar-refractivity contribution < 1.29 is 9.18 Å². The van der Waals surface area contributed by atoms with Crippen molar-refractivity contribution >= 4 is 23.4 Å². The second kappa shape index (κ2) is 8.13. The van der Waals surface area contributed by atoms with Crippen LogP contribution in [0.25, 0.3) is 0 Å². The van der Waals surface area contributed by atoms with Gasteiger partial charge in [0.1, 0.15) is 16.9 Å². The normalized spacial score (nSPS) is 10.4. The van der Waals surface area contributed by atoms with E-state index in [-0.39, 0.29) is 17.5 Å². The van der Waals surface area contributed by atoms with Crippen LogP contribution >= 0.6 is 11.8 Å². The van der Waals surface area contributed by atoms with Gasteiger partial charge in [0.15, 0.2) is 0 Å². The highest BCUT2D eigenvalue weighted by molar-refractivity contribution is 8.00. The summed E-state index contributed by atoms with van der Waals surface area (Å²) in [6.07, 6.45) is 0. The molecule has 1 aromatic carbocycles. The Morgan fingerprint density at radius 1 is 1.24 bits per heavy atom. The SMILES string of the molecule is CCN(C(=O)CSc1nc(C)c(C)c(C)c1C#N)c1ccc(F)cc1. The quantitative estimate of drug-likeness (QED) is 0.754. The van der Waals surface area contributed by atoms with E-state index in [4.69, 9.17) is 0 Å². The molecular weight excluding hydrogens is 337 g/mol. The molecule has 2 rings (SSSR count). The molecule has 0 aliphatic rings. The van der Waals surface area contributed by atoms with Crippen molar-refractivity contribution in [3.8, 4) is 6.07 Å². The van der Waals surface area contributed by atoms with Gasteiger partial charge in [-0.1, -0.05) is 11.8 Å². The number of anilines is 1. The Hall–Kier alpha value is -2.39. The van der Waals surface area contributed by atoms with Crippen molar-refractivity contribution in [2.45, 2.75) is 32.7 Å². The summed E-state index contributed by atoms with van der Waals surface area (Å²) < 4.78 is 13.1. The summed E-state index contributed by atoms with van der Waals surface area (Å²) in [5.74, 6) is -0.287. The summed E-state index contributed by atoms with van der Waals surface area (Å²) in [6.45, 7) is 8.07. The van der Waals surface area contributed by atoms with E-state index in [2.05, 4.69) is 11.1 Å². The molecule has 0 bridgehead atoms. The standard InChI is InChI=1S/C19H20FN3OS/c1-5-23(16-8-6-15(20)7-9-16)18(24)11-25-19-17(10-21)13(3)12(2)14(4)22-19/h6-9H,5,11H2,1-4H3. The molecule has 0 unspecified atom stereocenters. The summed E-state index contributed by atoms with van der Waals surface area (Å²) in [5.41, 5.74) is 3.92. The van der Waals surface area contributed by atoms with Crippen LogP contribution in [0.15, 0.2) is 29.3 Å². The predicted molar refractivity (Wildman–Crippen MR) is 98.3 cm³/mol. The number of pyridine rings is 1. The fraction of sp³-hybridized carbons (Fsp3) is 0.316. The number of rotatable bonds is 5. The molecule has 1 heterocycles. The number of carbonyl (C=O) groups excluding carboxylic acids is 1. The summed E-state index contributed by atoms with van der Waals surface area (Å²) in [6, 6.07) is 8.02. The molecule has 0 saturated heterocycles. The zero-order valence-corrected chi connectivity index (χ0v) is 15.6. The molecule has 0 aliphatic heterocycles. The first-order chi connectivity index (χ1) is 11.9. The zero-order valence-electron chi connectivity index (χ0n) is 14.8. The minimum absolute atomic E-state index is 0.110. The first-order valence-corrected chi connectivity index (χ1v) is 8.94. The van der Waals surface area contributed by atoms with Crippen molar-refractivity contribution in [3.63, 3.8) is 0 Å². The smallest absolute Gasteiger partial charge is 0.237 e. The van der Waals surface area contributed by atoms with E-state index >= 15 is 0 Å². The van der Waals surface area contributed by atoms with Crippen molar-refractivity contribution in [2.75, 3.05) is 17.2 Å². The van der Waals surface area contributed by atoms with E-state index in [1.54, 1.807) is 17.0 Å². The maximum absolute atomic E-state index is 13.1. The third-order valence-electron chi connectivity index (χ3n) is 4.16. The van der Waals surface area contributed by atoms with Crippen LogP contribution in [-0.4, -0.2) is 23.2 Å². The Kier molecular flexibility index (Phi) is 6.16. The van der Waals surface area contributed by atoms with Crippen molar-refractivity contribution in [2.24, 2.45) is 0 Å². The van der Waals surface area contributed by atoms with Crippen molar-refractivity contribution in [1.82, 2.24) is 4.98 Å². The molecule has 1 aromatic heterocycles. The molecule has 0 N–H and O–H groups in total. The summed E-state index contributed by atoms with van der Waals surface area (Å²) in [7, 11) is 0. The summed E-state index contributed by atoms with van der Waals surface area (Å²) >= 11 is 1.26. The Morgan fingerprint density at radius 3 is 2.44 bits per heavy atom. The largest absolute Gasteiger partial charge is 0.312 e. The monoisotopic (exact) mass is 357 g/mol. The highest BCUT2D eigenvalue weighted by Gasteiger charge is 2.18. The maximum Gasteiger partial charge on any atom is 0.237 e. The minimum atomic E-state index is -0.338. The second-order valence-corrected chi connectivity index (χ2v) is 6.61. The molecule has 0 radical (unpaired) electrons. The average Bonchev–Trinajstić information content (AvgIpc) is 2.60. The molecule has 25 heavy (non-hydrogen) atoms. The van der Waals surface area contributed by atoms with Crippen LogP contribution in [0.3, 0.4) is 0 Å². The molecule has 0 atom stereocenters. The number of aryl methyl sites for hydroxylation is 1. The van der Waals surface area contributed by atoms with E-state index in [9.17, 15) is 14.4 Å². The number of amides is 1. The number of thioether (sulfide) groups is 1. The van der Waals surface area contributed by atoms with Crippen LogP contribution in [0.1, 0.15) is 29.3 Å². The fourth-order valence-corrected chi connectivity index (χ4v) is 3.44. The molecule has 2 aromatic rings. The van der Waals surface area contributed by atoms with E-state index in [1.807, 2.05) is 27.7 Å². The Morgan fingerprint density at radius 2 is 1.88 bits per heavy atom. The van der Waals surface area contributed by atoms with Gasteiger partial charge in [0, 0.05) is 17.9 Å². The number of hydrogen-bond acceptors (Lipinski definition) is 4. The molecule has 130 valence electrons. The first kappa shape index (κ1) is 18.9. The van der Waals surface area contributed by atoms with Gasteiger partial charge >= 0.3 is 0 Å². The van der Waals surface area contributed by atoms with Gasteiger partial charge in [-0.05, 0) is 63.1 Å². The van der Waals surface area contributed by atoms with Crippen LogP contribution in [-0.2, 0) is 4.79 Å². The molecule has 1 amide bonds. The van der Waals surface area contributed by atoms with E-state index in [1.165, 1.54) is 23.9 Å². The second-order valence-electron chi connectivity index (χ2n) is 5.64. The lowest BCUT2D eigenvalue weighted by atomic mass is 10.1. The Balaban J connectivity index is 2.19. The molecule has 4 nitrogen and oxygen atoms in total. The van der Waals surface area contributed by atoms with Crippen molar-refractivity contribution in [1.29, 1.82) is 5.26 Å². The van der Waals surface area contributed by atoms with Gasteiger partial charge in [-0.3, -0.25) is 4.79 Å². The minimum Gasteiger partial charge on any atom is -0.312 e. The first-order valence-electron chi connectivity index (χ1n) is 7.95. The molecule has 6 heteroatoms. The van der Waals surface area contributed by atoms with Crippen LogP contribution in [0.2, 0.25) is 0 Å². The molecule has 0 aliphatic carbocycles. The predicted octanol–water partition coefficient (Wildman–Crippen LogP) is 4.16. The van der Waals surface area contributed by atoms with Gasteiger partial charge in [-0.2, -0.15) is 5.26 Å². The lowest BCUT2D eigenvalue weighted by Crippen LogP contribution is -2.32. The fourth-order valence-electron chi connectivity index (χ4n) is 2.48. The highest BCUT2D eigenvalue weighted by atomic mass is 32.2.